The third kappa shape index (κ3) is 3.06. The molecule has 22 heavy (non-hydrogen) atoms. The van der Waals surface area contributed by atoms with Crippen LogP contribution in [-0.4, -0.2) is 48.4 Å². The van der Waals surface area contributed by atoms with Crippen molar-refractivity contribution in [2.75, 3.05) is 19.7 Å². The van der Waals surface area contributed by atoms with Gasteiger partial charge in [0.2, 0.25) is 17.7 Å². The molecule has 6 heteroatoms. The van der Waals surface area contributed by atoms with Crippen molar-refractivity contribution in [3.8, 4) is 0 Å². The van der Waals surface area contributed by atoms with Crippen molar-refractivity contribution in [2.45, 2.75) is 38.2 Å². The number of nitrogens with zero attached hydrogens (tertiary/aromatic N) is 1. The number of nitrogens with one attached hydrogen (secondary N) is 1. The van der Waals surface area contributed by atoms with E-state index in [0.29, 0.717) is 19.4 Å². The van der Waals surface area contributed by atoms with Crippen molar-refractivity contribution in [3.05, 3.63) is 12.2 Å². The van der Waals surface area contributed by atoms with Gasteiger partial charge in [0.05, 0.1) is 17.9 Å². The quantitative estimate of drug-likeness (QED) is 0.597. The minimum Gasteiger partial charge on any atom is -0.376 e. The van der Waals surface area contributed by atoms with Crippen LogP contribution in [0.4, 0.5) is 0 Å². The fourth-order valence-electron chi connectivity index (χ4n) is 3.42. The number of hydrogen-bond acceptors (Lipinski definition) is 4. The minimum atomic E-state index is -0.215. The Morgan fingerprint density at radius 2 is 1.91 bits per heavy atom. The van der Waals surface area contributed by atoms with Crippen LogP contribution in [0.3, 0.4) is 0 Å². The second-order valence-corrected chi connectivity index (χ2v) is 6.17. The molecule has 120 valence electrons. The number of hydrogen-bond donors (Lipinski definition) is 1. The molecule has 2 saturated heterocycles. The van der Waals surface area contributed by atoms with Crippen LogP contribution >= 0.6 is 0 Å². The number of carbonyl (C=O) groups excluding carboxylic acids is 3. The van der Waals surface area contributed by atoms with Gasteiger partial charge >= 0.3 is 0 Å². The lowest BCUT2D eigenvalue weighted by molar-refractivity contribution is -0.140. The first-order valence-electron chi connectivity index (χ1n) is 8.05. The molecule has 1 aliphatic carbocycles. The maximum absolute atomic E-state index is 12.2. The molecule has 0 aromatic carbocycles. The summed E-state index contributed by atoms with van der Waals surface area (Å²) in [5.74, 6) is -0.804. The molecule has 3 amide bonds. The molecule has 0 radical (unpaired) electrons. The lowest BCUT2D eigenvalue weighted by Gasteiger charge is -2.15. The summed E-state index contributed by atoms with van der Waals surface area (Å²) in [5, 5.41) is 2.82. The standard InChI is InChI=1S/C16H22N2O4/c19-14(17-10-11-4-3-9-22-11)7-8-18-15(20)12-5-1-2-6-13(12)16(18)21/h1-2,11-13H,3-10H2,(H,17,19). The minimum absolute atomic E-state index is 0.105. The number of fused-ring (bicyclic) bond motifs is 1. The highest BCUT2D eigenvalue weighted by Gasteiger charge is 2.46. The van der Waals surface area contributed by atoms with E-state index in [2.05, 4.69) is 5.32 Å². The lowest BCUT2D eigenvalue weighted by Crippen LogP contribution is -2.37. The first kappa shape index (κ1) is 15.2. The molecule has 3 atom stereocenters. The van der Waals surface area contributed by atoms with Crippen LogP contribution in [0.1, 0.15) is 32.1 Å². The van der Waals surface area contributed by atoms with Gasteiger partial charge < -0.3 is 10.1 Å². The summed E-state index contributed by atoms with van der Waals surface area (Å²) in [6.07, 6.45) is 7.47. The van der Waals surface area contributed by atoms with Crippen LogP contribution in [0, 0.1) is 11.8 Å². The highest BCUT2D eigenvalue weighted by molar-refractivity contribution is 6.05. The van der Waals surface area contributed by atoms with Gasteiger partial charge in [-0.25, -0.2) is 0 Å². The van der Waals surface area contributed by atoms with Crippen LogP contribution in [0.5, 0.6) is 0 Å². The zero-order chi connectivity index (χ0) is 15.5. The van der Waals surface area contributed by atoms with Crippen molar-refractivity contribution in [3.63, 3.8) is 0 Å². The molecule has 2 heterocycles. The molecular weight excluding hydrogens is 284 g/mol. The second kappa shape index (κ2) is 6.60. The molecule has 0 spiro atoms. The first-order chi connectivity index (χ1) is 10.7. The fraction of sp³-hybridized carbons (Fsp3) is 0.688. The fourth-order valence-corrected chi connectivity index (χ4v) is 3.42. The van der Waals surface area contributed by atoms with E-state index >= 15 is 0 Å². The average Bonchev–Trinajstić information content (AvgIpc) is 3.13. The predicted octanol–water partition coefficient (Wildman–Crippen LogP) is 0.623. The average molecular weight is 306 g/mol. The van der Waals surface area contributed by atoms with E-state index in [4.69, 9.17) is 4.74 Å². The lowest BCUT2D eigenvalue weighted by atomic mass is 9.85. The Morgan fingerprint density at radius 1 is 1.23 bits per heavy atom. The number of imide groups is 1. The van der Waals surface area contributed by atoms with E-state index < -0.39 is 0 Å². The summed E-state index contributed by atoms with van der Waals surface area (Å²) >= 11 is 0. The summed E-state index contributed by atoms with van der Waals surface area (Å²) < 4.78 is 5.44. The van der Waals surface area contributed by atoms with Gasteiger partial charge in [0, 0.05) is 26.1 Å². The number of ether oxygens (including phenoxy) is 1. The third-order valence-electron chi connectivity index (χ3n) is 4.71. The number of allylic oxidation sites excluding steroid dienone is 2. The summed E-state index contributed by atoms with van der Waals surface area (Å²) in [5.41, 5.74) is 0. The molecule has 3 rings (SSSR count). The van der Waals surface area contributed by atoms with E-state index in [1.807, 2.05) is 12.2 Å². The number of carbonyl (C=O) groups is 3. The van der Waals surface area contributed by atoms with E-state index in [1.54, 1.807) is 0 Å². The van der Waals surface area contributed by atoms with Crippen molar-refractivity contribution >= 4 is 17.7 Å². The Balaban J connectivity index is 1.45. The number of rotatable bonds is 5. The van der Waals surface area contributed by atoms with Gasteiger partial charge in [0.1, 0.15) is 0 Å². The van der Waals surface area contributed by atoms with Gasteiger partial charge in [-0.1, -0.05) is 12.2 Å². The van der Waals surface area contributed by atoms with Gasteiger partial charge in [-0.05, 0) is 25.7 Å². The summed E-state index contributed by atoms with van der Waals surface area (Å²) in [6.45, 7) is 1.45. The number of amides is 3. The Labute approximate surface area is 129 Å². The summed E-state index contributed by atoms with van der Waals surface area (Å²) in [6, 6.07) is 0. The van der Waals surface area contributed by atoms with E-state index in [-0.39, 0.29) is 48.6 Å². The largest absolute Gasteiger partial charge is 0.376 e. The second-order valence-electron chi connectivity index (χ2n) is 6.17. The highest BCUT2D eigenvalue weighted by atomic mass is 16.5. The molecule has 3 aliphatic rings. The van der Waals surface area contributed by atoms with E-state index in [9.17, 15) is 14.4 Å². The van der Waals surface area contributed by atoms with E-state index in [1.165, 1.54) is 4.90 Å². The predicted molar refractivity (Wildman–Crippen MR) is 78.7 cm³/mol. The third-order valence-corrected chi connectivity index (χ3v) is 4.71. The SMILES string of the molecule is O=C(CCN1C(=O)C2CC=CCC2C1=O)NCC1CCCO1. The topological polar surface area (TPSA) is 75.7 Å². The number of likely N-dealkylation sites (tertiary alicyclic amines) is 1. The van der Waals surface area contributed by atoms with Crippen molar-refractivity contribution in [1.82, 2.24) is 10.2 Å². The maximum Gasteiger partial charge on any atom is 0.233 e. The van der Waals surface area contributed by atoms with Crippen LogP contribution < -0.4 is 5.32 Å². The first-order valence-corrected chi connectivity index (χ1v) is 8.05. The van der Waals surface area contributed by atoms with Gasteiger partial charge in [-0.3, -0.25) is 19.3 Å². The molecule has 0 bridgehead atoms. The van der Waals surface area contributed by atoms with Crippen molar-refractivity contribution in [1.29, 1.82) is 0 Å². The van der Waals surface area contributed by atoms with Crippen LogP contribution in [0.15, 0.2) is 12.2 Å². The zero-order valence-electron chi connectivity index (χ0n) is 12.6. The monoisotopic (exact) mass is 306 g/mol. The summed E-state index contributed by atoms with van der Waals surface area (Å²) in [7, 11) is 0. The Morgan fingerprint density at radius 3 is 2.50 bits per heavy atom. The molecule has 1 N–H and O–H groups in total. The van der Waals surface area contributed by atoms with Crippen LogP contribution in [-0.2, 0) is 19.1 Å². The maximum atomic E-state index is 12.2. The highest BCUT2D eigenvalue weighted by Crippen LogP contribution is 2.34. The molecule has 2 fully saturated rings. The Hall–Kier alpha value is -1.69. The van der Waals surface area contributed by atoms with Gasteiger partial charge in [0.25, 0.3) is 0 Å². The molecule has 0 aromatic rings. The van der Waals surface area contributed by atoms with Gasteiger partial charge in [-0.2, -0.15) is 0 Å². The van der Waals surface area contributed by atoms with Crippen molar-refractivity contribution < 1.29 is 19.1 Å². The Kier molecular flexibility index (Phi) is 4.57. The molecule has 2 aliphatic heterocycles. The van der Waals surface area contributed by atoms with Crippen LogP contribution in [0.25, 0.3) is 0 Å². The van der Waals surface area contributed by atoms with Gasteiger partial charge in [0.15, 0.2) is 0 Å². The van der Waals surface area contributed by atoms with Crippen LogP contribution in [0.2, 0.25) is 0 Å². The summed E-state index contributed by atoms with van der Waals surface area (Å²) in [4.78, 5) is 37.6. The smallest absolute Gasteiger partial charge is 0.233 e. The molecule has 6 nitrogen and oxygen atoms in total. The molecule has 3 unspecified atom stereocenters. The van der Waals surface area contributed by atoms with Crippen molar-refractivity contribution in [2.24, 2.45) is 11.8 Å². The normalized spacial score (nSPS) is 30.7. The van der Waals surface area contributed by atoms with Gasteiger partial charge in [-0.15, -0.1) is 0 Å². The molecular formula is C16H22N2O4. The molecule has 0 saturated carbocycles. The molecule has 0 aromatic heterocycles. The Bertz CT molecular complexity index is 470. The zero-order valence-corrected chi connectivity index (χ0v) is 12.6. The van der Waals surface area contributed by atoms with E-state index in [0.717, 1.165) is 19.4 Å².